The van der Waals surface area contributed by atoms with Crippen LogP contribution < -0.4 is 26.0 Å². The zero-order valence-electron chi connectivity index (χ0n) is 25.1. The molecular formula is C40H31BN2O. The van der Waals surface area contributed by atoms with E-state index in [1.165, 1.54) is 49.4 Å². The number of rotatable bonds is 3. The van der Waals surface area contributed by atoms with E-state index in [0.29, 0.717) is 0 Å². The molecule has 0 atom stereocenters. The molecule has 210 valence electrons. The average Bonchev–Trinajstić information content (AvgIpc) is 3.40. The molecule has 0 N–H and O–H groups in total. The van der Waals surface area contributed by atoms with E-state index in [1.54, 1.807) is 0 Å². The number of hydrogen-bond acceptors (Lipinski definition) is 2. The van der Waals surface area contributed by atoms with E-state index in [4.69, 9.17) is 4.74 Å². The summed E-state index contributed by atoms with van der Waals surface area (Å²) in [7, 11) is 0. The second kappa shape index (κ2) is 9.14. The Hall–Kier alpha value is -5.22. The molecule has 2 aliphatic heterocycles. The van der Waals surface area contributed by atoms with Crippen molar-refractivity contribution < 1.29 is 4.74 Å². The third kappa shape index (κ3) is 3.45. The topological polar surface area (TPSA) is 17.4 Å². The van der Waals surface area contributed by atoms with E-state index < -0.39 is 0 Å². The van der Waals surface area contributed by atoms with E-state index in [1.807, 2.05) is 0 Å². The summed E-state index contributed by atoms with van der Waals surface area (Å²) in [4.78, 5) is 2.32. The number of hydrogen-bond donors (Lipinski definition) is 0. The summed E-state index contributed by atoms with van der Waals surface area (Å²) in [5.74, 6) is 1.86. The molecule has 6 aromatic carbocycles. The van der Waals surface area contributed by atoms with Crippen LogP contribution in [0.2, 0.25) is 0 Å². The second-order valence-corrected chi connectivity index (χ2v) is 13.0. The van der Waals surface area contributed by atoms with Crippen molar-refractivity contribution in [3.8, 4) is 17.2 Å². The van der Waals surface area contributed by atoms with Crippen LogP contribution in [0.25, 0.3) is 27.5 Å². The first kappa shape index (κ1) is 25.3. The Morgan fingerprint density at radius 2 is 1.30 bits per heavy atom. The molecule has 0 fully saturated rings. The van der Waals surface area contributed by atoms with Gasteiger partial charge in [0.25, 0.3) is 6.71 Å². The van der Waals surface area contributed by atoms with Gasteiger partial charge in [-0.25, -0.2) is 0 Å². The summed E-state index contributed by atoms with van der Waals surface area (Å²) >= 11 is 0. The molecule has 0 bridgehead atoms. The molecule has 9 rings (SSSR count). The number of fused-ring (bicyclic) bond motifs is 8. The van der Waals surface area contributed by atoms with Gasteiger partial charge >= 0.3 is 0 Å². The SMILES string of the molecule is CC(C)(C)c1cc2c3c4c1c1ccccc1n4-c1ccccc1B3c1cccc(N(c3ccccc3)c3ccccc3)c1O2. The predicted molar refractivity (Wildman–Crippen MR) is 185 cm³/mol. The Balaban J connectivity index is 1.40. The highest BCUT2D eigenvalue weighted by molar-refractivity contribution is 6.99. The Morgan fingerprint density at radius 3 is 2.02 bits per heavy atom. The quantitative estimate of drug-likeness (QED) is 0.200. The summed E-state index contributed by atoms with van der Waals surface area (Å²) in [5, 5.41) is 2.63. The Morgan fingerprint density at radius 1 is 0.659 bits per heavy atom. The first-order valence-corrected chi connectivity index (χ1v) is 15.4. The lowest BCUT2D eigenvalue weighted by Crippen LogP contribution is -2.58. The van der Waals surface area contributed by atoms with Crippen LogP contribution in [0.15, 0.2) is 133 Å². The second-order valence-electron chi connectivity index (χ2n) is 13.0. The van der Waals surface area contributed by atoms with E-state index in [2.05, 4.69) is 164 Å². The smallest absolute Gasteiger partial charge is 0.256 e. The molecule has 0 aliphatic carbocycles. The summed E-state index contributed by atoms with van der Waals surface area (Å²) < 4.78 is 9.68. The van der Waals surface area contributed by atoms with Gasteiger partial charge in [-0.1, -0.05) is 106 Å². The van der Waals surface area contributed by atoms with Crippen LogP contribution in [0.1, 0.15) is 26.3 Å². The van der Waals surface area contributed by atoms with Crippen molar-refractivity contribution in [3.05, 3.63) is 139 Å². The summed E-state index contributed by atoms with van der Waals surface area (Å²) in [6.45, 7) is 6.98. The maximum absolute atomic E-state index is 7.19. The molecule has 0 amide bonds. The summed E-state index contributed by atoms with van der Waals surface area (Å²) in [6, 6.07) is 48.0. The number of anilines is 3. The zero-order valence-corrected chi connectivity index (χ0v) is 25.1. The first-order chi connectivity index (χ1) is 21.5. The van der Waals surface area contributed by atoms with Crippen molar-refractivity contribution in [1.29, 1.82) is 0 Å². The number of nitrogens with zero attached hydrogens (tertiary/aromatic N) is 2. The zero-order chi connectivity index (χ0) is 29.6. The number of para-hydroxylation sites is 5. The van der Waals surface area contributed by atoms with Crippen molar-refractivity contribution in [2.24, 2.45) is 0 Å². The van der Waals surface area contributed by atoms with Crippen LogP contribution >= 0.6 is 0 Å². The normalized spacial score (nSPS) is 13.0. The van der Waals surface area contributed by atoms with E-state index >= 15 is 0 Å². The van der Waals surface area contributed by atoms with Crippen LogP contribution in [0.4, 0.5) is 17.1 Å². The van der Waals surface area contributed by atoms with Gasteiger partial charge in [-0.15, -0.1) is 0 Å². The predicted octanol–water partition coefficient (Wildman–Crippen LogP) is 8.49. The Labute approximate surface area is 258 Å². The van der Waals surface area contributed by atoms with E-state index in [9.17, 15) is 0 Å². The Kier molecular flexibility index (Phi) is 5.26. The fourth-order valence-electron chi connectivity index (χ4n) is 7.53. The van der Waals surface area contributed by atoms with Crippen LogP contribution in [0.3, 0.4) is 0 Å². The maximum atomic E-state index is 7.19. The lowest BCUT2D eigenvalue weighted by molar-refractivity contribution is 0.485. The van der Waals surface area contributed by atoms with Gasteiger partial charge in [-0.3, -0.25) is 0 Å². The highest BCUT2D eigenvalue weighted by atomic mass is 16.5. The maximum Gasteiger partial charge on any atom is 0.256 e. The summed E-state index contributed by atoms with van der Waals surface area (Å²) in [5.41, 5.74) is 12.0. The van der Waals surface area contributed by atoms with Gasteiger partial charge in [0.15, 0.2) is 0 Å². The number of benzene rings is 6. The largest absolute Gasteiger partial charge is 0.456 e. The van der Waals surface area contributed by atoms with Gasteiger partial charge in [0.2, 0.25) is 0 Å². The molecule has 0 unspecified atom stereocenters. The average molecular weight is 567 g/mol. The van der Waals surface area contributed by atoms with Crippen molar-refractivity contribution in [1.82, 2.24) is 4.57 Å². The molecule has 44 heavy (non-hydrogen) atoms. The first-order valence-electron chi connectivity index (χ1n) is 15.4. The van der Waals surface area contributed by atoms with Gasteiger partial charge in [-0.2, -0.15) is 0 Å². The van der Waals surface area contributed by atoms with Gasteiger partial charge in [0.1, 0.15) is 11.5 Å². The lowest BCUT2D eigenvalue weighted by atomic mass is 9.34. The molecule has 7 aromatic rings. The molecule has 2 aliphatic rings. The standard InChI is InChI=1S/C40H31BN2O/c1-40(2,3)29-25-35-37-38-36(29)28-19-10-12-22-32(28)43(38)33-23-13-11-20-30(33)41(37)31-21-14-24-34(39(31)44-35)42(26-15-6-4-7-16-26)27-17-8-5-9-18-27/h4-25H,1-3H3. The Bertz CT molecular complexity index is 2210. The highest BCUT2D eigenvalue weighted by Gasteiger charge is 2.43. The van der Waals surface area contributed by atoms with Gasteiger partial charge < -0.3 is 14.2 Å². The van der Waals surface area contributed by atoms with Crippen molar-refractivity contribution in [3.63, 3.8) is 0 Å². The van der Waals surface area contributed by atoms with E-state index in [0.717, 1.165) is 28.6 Å². The van der Waals surface area contributed by atoms with Crippen molar-refractivity contribution in [2.45, 2.75) is 26.2 Å². The van der Waals surface area contributed by atoms with E-state index in [-0.39, 0.29) is 12.1 Å². The molecule has 3 heterocycles. The molecule has 0 spiro atoms. The monoisotopic (exact) mass is 566 g/mol. The molecule has 0 radical (unpaired) electrons. The molecule has 3 nitrogen and oxygen atoms in total. The van der Waals surface area contributed by atoms with Crippen LogP contribution in [0.5, 0.6) is 11.5 Å². The summed E-state index contributed by atoms with van der Waals surface area (Å²) in [6.07, 6.45) is 0. The number of ether oxygens (including phenoxy) is 1. The lowest BCUT2D eigenvalue weighted by Gasteiger charge is -2.36. The number of aromatic nitrogens is 1. The fourth-order valence-corrected chi connectivity index (χ4v) is 7.53. The van der Waals surface area contributed by atoms with Gasteiger partial charge in [0.05, 0.1) is 16.7 Å². The van der Waals surface area contributed by atoms with Crippen molar-refractivity contribution in [2.75, 3.05) is 4.90 Å². The highest BCUT2D eigenvalue weighted by Crippen LogP contribution is 2.47. The fraction of sp³-hybridized carbons (Fsp3) is 0.100. The molecule has 4 heteroatoms. The third-order valence-corrected chi connectivity index (χ3v) is 9.34. The van der Waals surface area contributed by atoms with Gasteiger partial charge in [-0.05, 0) is 75.9 Å². The third-order valence-electron chi connectivity index (χ3n) is 9.34. The molecule has 0 saturated heterocycles. The van der Waals surface area contributed by atoms with Gasteiger partial charge in [0, 0.05) is 27.8 Å². The minimum Gasteiger partial charge on any atom is -0.456 e. The molecular weight excluding hydrogens is 535 g/mol. The van der Waals surface area contributed by atoms with Crippen LogP contribution in [0, 0.1) is 0 Å². The molecule has 0 saturated carbocycles. The minimum atomic E-state index is -0.0836. The minimum absolute atomic E-state index is 0.0478. The van der Waals surface area contributed by atoms with Crippen LogP contribution in [-0.2, 0) is 5.41 Å². The van der Waals surface area contributed by atoms with Crippen LogP contribution in [-0.4, -0.2) is 11.3 Å². The molecule has 1 aromatic heterocycles. The van der Waals surface area contributed by atoms with Crippen molar-refractivity contribution >= 4 is 62.0 Å².